The molecule has 1 aliphatic rings. The maximum absolute atomic E-state index is 11.0. The van der Waals surface area contributed by atoms with Crippen LogP contribution < -0.4 is 5.32 Å². The van der Waals surface area contributed by atoms with Crippen LogP contribution in [0.15, 0.2) is 12.4 Å². The van der Waals surface area contributed by atoms with Gasteiger partial charge in [-0.05, 0) is 6.42 Å². The van der Waals surface area contributed by atoms with Crippen molar-refractivity contribution in [3.8, 4) is 0 Å². The molecule has 0 aromatic carbocycles. The Kier molecular flexibility index (Phi) is 5.55. The van der Waals surface area contributed by atoms with Gasteiger partial charge >= 0.3 is 0 Å². The van der Waals surface area contributed by atoms with Crippen molar-refractivity contribution >= 4 is 11.7 Å². The quantitative estimate of drug-likeness (QED) is 0.893. The van der Waals surface area contributed by atoms with E-state index in [-0.39, 0.29) is 7.33 Å². The number of aryl methyl sites for hydroxylation is 1. The van der Waals surface area contributed by atoms with Crippen molar-refractivity contribution in [3.63, 3.8) is 0 Å². The molecule has 18 heavy (non-hydrogen) atoms. The van der Waals surface area contributed by atoms with E-state index in [1.165, 1.54) is 0 Å². The van der Waals surface area contributed by atoms with Crippen LogP contribution in [-0.4, -0.2) is 39.9 Å². The molecule has 5 nitrogen and oxygen atoms in total. The maximum Gasteiger partial charge on any atom is 0.219 e. The van der Waals surface area contributed by atoms with E-state index in [9.17, 15) is 4.79 Å². The topological polar surface area (TPSA) is 58.1 Å². The van der Waals surface area contributed by atoms with Crippen LogP contribution in [0, 0.1) is 0 Å². The highest BCUT2D eigenvalue weighted by Crippen LogP contribution is 2.13. The van der Waals surface area contributed by atoms with E-state index in [4.69, 9.17) is 0 Å². The number of aromatic nitrogens is 2. The molecular formula is C13H24N4O. The van der Waals surface area contributed by atoms with Crippen LogP contribution in [0.3, 0.4) is 0 Å². The van der Waals surface area contributed by atoms with Gasteiger partial charge < -0.3 is 10.2 Å². The molecule has 102 valence electrons. The zero-order valence-electron chi connectivity index (χ0n) is 11.6. The molecule has 1 saturated heterocycles. The van der Waals surface area contributed by atoms with Crippen molar-refractivity contribution < 1.29 is 6.22 Å². The molecule has 0 radical (unpaired) electrons. The van der Waals surface area contributed by atoms with Crippen molar-refractivity contribution in [2.45, 2.75) is 40.2 Å². The van der Waals surface area contributed by atoms with E-state index in [1.807, 2.05) is 19.9 Å². The fraction of sp³-hybridized carbons (Fsp3) is 0.615. The Hall–Kier alpha value is -1.65. The number of anilines is 1. The number of hydrogen-bond acceptors (Lipinski definition) is 4. The lowest BCUT2D eigenvalue weighted by Crippen LogP contribution is -2.56. The van der Waals surface area contributed by atoms with Gasteiger partial charge in [-0.3, -0.25) is 4.79 Å². The fourth-order valence-electron chi connectivity index (χ4n) is 1.71. The molecule has 0 saturated carbocycles. The normalized spacial score (nSPS) is 14.3. The molecule has 1 aromatic heterocycles. The second kappa shape index (κ2) is 6.93. The lowest BCUT2D eigenvalue weighted by molar-refractivity contribution is -0.132. The summed E-state index contributed by atoms with van der Waals surface area (Å²) in [5.74, 6) is 0.982. The average Bonchev–Trinajstić information content (AvgIpc) is 2.35. The summed E-state index contributed by atoms with van der Waals surface area (Å²) >= 11 is 0. The summed E-state index contributed by atoms with van der Waals surface area (Å²) in [7, 11) is 0. The first-order valence-electron chi connectivity index (χ1n) is 6.52. The van der Waals surface area contributed by atoms with Crippen LogP contribution in [-0.2, 0) is 11.2 Å². The average molecular weight is 252 g/mol. The number of amides is 1. The molecule has 0 atom stereocenters. The summed E-state index contributed by atoms with van der Waals surface area (Å²) in [6.45, 7) is 9.19. The van der Waals surface area contributed by atoms with Crippen molar-refractivity contribution in [2.24, 2.45) is 0 Å². The van der Waals surface area contributed by atoms with Gasteiger partial charge in [-0.15, -0.1) is 0 Å². The van der Waals surface area contributed by atoms with Gasteiger partial charge in [0, 0.05) is 33.2 Å². The molecule has 1 fully saturated rings. The lowest BCUT2D eigenvalue weighted by atomic mass is 10.1. The molecule has 2 heterocycles. The minimum Gasteiger partial charge on any atom is -0.364 e. The second-order valence-corrected chi connectivity index (χ2v) is 4.01. The summed E-state index contributed by atoms with van der Waals surface area (Å²) in [4.78, 5) is 21.1. The van der Waals surface area contributed by atoms with Gasteiger partial charge in [-0.2, -0.15) is 0 Å². The molecule has 1 aliphatic heterocycles. The van der Waals surface area contributed by atoms with Crippen molar-refractivity contribution in [3.05, 3.63) is 18.1 Å². The standard InChI is InChI=1S/C11H16N4O.C2H6.H2/c1-3-9-4-11(13-7-12-9)14-10-5-15(6-10)8(2)16;1-2;/h4,7,10H,3,5-6H2,1-2H3,(H,12,13,14);1-2H3;1H. The minimum absolute atomic E-state index is 0. The smallest absolute Gasteiger partial charge is 0.219 e. The van der Waals surface area contributed by atoms with Crippen molar-refractivity contribution in [1.29, 1.82) is 0 Å². The number of carbonyl (C=O) groups is 1. The van der Waals surface area contributed by atoms with E-state index in [0.717, 1.165) is 31.0 Å². The molecule has 5 heteroatoms. The Labute approximate surface area is 110 Å². The summed E-state index contributed by atoms with van der Waals surface area (Å²) in [6, 6.07) is 2.28. The Bertz CT molecular complexity index is 394. The number of nitrogens with one attached hydrogen (secondary N) is 1. The van der Waals surface area contributed by atoms with Crippen LogP contribution in [0.5, 0.6) is 0 Å². The van der Waals surface area contributed by atoms with Crippen molar-refractivity contribution in [2.75, 3.05) is 18.4 Å². The lowest BCUT2D eigenvalue weighted by Gasteiger charge is -2.39. The molecule has 0 bridgehead atoms. The second-order valence-electron chi connectivity index (χ2n) is 4.01. The molecule has 2 rings (SSSR count). The summed E-state index contributed by atoms with van der Waals surface area (Å²) < 4.78 is 0. The predicted octanol–water partition coefficient (Wildman–Crippen LogP) is 1.95. The molecule has 1 aromatic rings. The van der Waals surface area contributed by atoms with Gasteiger partial charge in [-0.25, -0.2) is 9.97 Å². The third-order valence-corrected chi connectivity index (χ3v) is 2.76. The van der Waals surface area contributed by atoms with E-state index >= 15 is 0 Å². The largest absolute Gasteiger partial charge is 0.364 e. The summed E-state index contributed by atoms with van der Waals surface area (Å²) in [5, 5.41) is 3.29. The fourth-order valence-corrected chi connectivity index (χ4v) is 1.71. The van der Waals surface area contributed by atoms with Gasteiger partial charge in [0.25, 0.3) is 0 Å². The van der Waals surface area contributed by atoms with Crippen LogP contribution in [0.1, 0.15) is 34.8 Å². The Balaban J connectivity index is 0.00000103. The van der Waals surface area contributed by atoms with Crippen LogP contribution in [0.4, 0.5) is 5.82 Å². The van der Waals surface area contributed by atoms with Gasteiger partial charge in [0.1, 0.15) is 12.1 Å². The highest BCUT2D eigenvalue weighted by Gasteiger charge is 2.28. The maximum atomic E-state index is 11.0. The minimum atomic E-state index is 0. The Morgan fingerprint density at radius 1 is 1.50 bits per heavy atom. The molecule has 0 aliphatic carbocycles. The van der Waals surface area contributed by atoms with E-state index in [0.29, 0.717) is 6.04 Å². The van der Waals surface area contributed by atoms with Crippen LogP contribution in [0.2, 0.25) is 0 Å². The number of likely N-dealkylation sites (tertiary alicyclic amines) is 1. The zero-order valence-corrected chi connectivity index (χ0v) is 11.6. The number of nitrogens with zero attached hydrogens (tertiary/aromatic N) is 3. The predicted molar refractivity (Wildman–Crippen MR) is 74.5 cm³/mol. The first kappa shape index (κ1) is 14.4. The third-order valence-electron chi connectivity index (χ3n) is 2.76. The molecule has 0 unspecified atom stereocenters. The zero-order chi connectivity index (χ0) is 13.5. The molecule has 1 N–H and O–H groups in total. The number of hydrogen-bond donors (Lipinski definition) is 1. The highest BCUT2D eigenvalue weighted by atomic mass is 16.2. The van der Waals surface area contributed by atoms with Crippen LogP contribution >= 0.6 is 0 Å². The third kappa shape index (κ3) is 3.68. The molecule has 1 amide bonds. The summed E-state index contributed by atoms with van der Waals surface area (Å²) in [6.07, 6.45) is 2.48. The number of carbonyl (C=O) groups excluding carboxylic acids is 1. The van der Waals surface area contributed by atoms with Gasteiger partial charge in [0.05, 0.1) is 6.04 Å². The van der Waals surface area contributed by atoms with Gasteiger partial charge in [0.15, 0.2) is 0 Å². The SMILES string of the molecule is CC.CCc1cc(NC2CN(C(C)=O)C2)ncn1.[HH]. The monoisotopic (exact) mass is 252 g/mol. The van der Waals surface area contributed by atoms with Gasteiger partial charge in [-0.1, -0.05) is 20.8 Å². The van der Waals surface area contributed by atoms with Crippen molar-refractivity contribution in [1.82, 2.24) is 14.9 Å². The van der Waals surface area contributed by atoms with E-state index in [2.05, 4.69) is 22.2 Å². The van der Waals surface area contributed by atoms with Gasteiger partial charge in [0.2, 0.25) is 5.91 Å². The Morgan fingerprint density at radius 3 is 2.72 bits per heavy atom. The highest BCUT2D eigenvalue weighted by molar-refractivity contribution is 5.74. The first-order chi connectivity index (χ1) is 8.69. The Morgan fingerprint density at radius 2 is 2.17 bits per heavy atom. The van der Waals surface area contributed by atoms with E-state index < -0.39 is 0 Å². The molecular weight excluding hydrogens is 228 g/mol. The molecule has 0 spiro atoms. The number of rotatable bonds is 3. The van der Waals surface area contributed by atoms with Crippen LogP contribution in [0.25, 0.3) is 0 Å². The van der Waals surface area contributed by atoms with E-state index in [1.54, 1.807) is 18.2 Å². The first-order valence-corrected chi connectivity index (χ1v) is 6.52. The summed E-state index contributed by atoms with van der Waals surface area (Å²) in [5.41, 5.74) is 1.03.